The van der Waals surface area contributed by atoms with Crippen LogP contribution in [0, 0.1) is 5.82 Å². The third-order valence-electron chi connectivity index (χ3n) is 2.98. The van der Waals surface area contributed by atoms with Gasteiger partial charge in [-0.25, -0.2) is 14.4 Å². The molecule has 0 spiro atoms. The highest BCUT2D eigenvalue weighted by Gasteiger charge is 2.14. The van der Waals surface area contributed by atoms with E-state index in [0.29, 0.717) is 0 Å². The number of imidazole rings is 1. The lowest BCUT2D eigenvalue weighted by Gasteiger charge is -1.99. The topological polar surface area (TPSA) is 56.7 Å². The van der Waals surface area contributed by atoms with Crippen LogP contribution in [0.5, 0.6) is 0 Å². The van der Waals surface area contributed by atoms with Crippen LogP contribution in [0.25, 0.3) is 22.6 Å². The average molecular weight is 276 g/mol. The number of fused-ring (bicyclic) bond motifs is 1. The highest BCUT2D eigenvalue weighted by Crippen LogP contribution is 2.27. The minimum absolute atomic E-state index is 0.0918. The molecule has 0 radical (unpaired) electrons. The van der Waals surface area contributed by atoms with E-state index in [9.17, 15) is 4.39 Å². The lowest BCUT2D eigenvalue weighted by Crippen LogP contribution is -2.04. The lowest BCUT2D eigenvalue weighted by atomic mass is 10.3. The molecule has 2 heterocycles. The fourth-order valence-corrected chi connectivity index (χ4v) is 2.75. The molecular formula is C13H13FN4S. The van der Waals surface area contributed by atoms with Gasteiger partial charge in [0.1, 0.15) is 16.5 Å². The maximum absolute atomic E-state index is 13.3. The normalized spacial score (nSPS) is 13.1. The van der Waals surface area contributed by atoms with E-state index in [1.54, 1.807) is 6.07 Å². The second-order valence-corrected chi connectivity index (χ2v) is 5.38. The quantitative estimate of drug-likeness (QED) is 0.783. The van der Waals surface area contributed by atoms with E-state index in [2.05, 4.69) is 9.97 Å². The smallest absolute Gasteiger partial charge is 0.160 e. The number of aromatic nitrogens is 3. The second kappa shape index (κ2) is 4.40. The number of aryl methyl sites for hydroxylation is 1. The largest absolute Gasteiger partial charge is 0.326 e. The standard InChI is InChI=1S/C13H13FN4S/c1-7(15)13-17-10(6-19-13)12-16-9-4-3-8(14)5-11(9)18(12)2/h3-7H,15H2,1-2H3. The summed E-state index contributed by atoms with van der Waals surface area (Å²) in [5.74, 6) is 0.459. The van der Waals surface area contributed by atoms with Crippen LogP contribution in [0.2, 0.25) is 0 Å². The van der Waals surface area contributed by atoms with Crippen molar-refractivity contribution in [2.45, 2.75) is 13.0 Å². The molecule has 0 amide bonds. The lowest BCUT2D eigenvalue weighted by molar-refractivity contribution is 0.629. The molecule has 3 rings (SSSR count). The Labute approximate surface area is 113 Å². The molecule has 0 saturated carbocycles. The Bertz CT molecular complexity index is 744. The zero-order valence-corrected chi connectivity index (χ0v) is 11.4. The minimum Gasteiger partial charge on any atom is -0.326 e. The van der Waals surface area contributed by atoms with Gasteiger partial charge in [0.25, 0.3) is 0 Å². The van der Waals surface area contributed by atoms with Gasteiger partial charge < -0.3 is 10.3 Å². The molecule has 6 heteroatoms. The predicted octanol–water partition coefficient (Wildman–Crippen LogP) is 2.86. The number of rotatable bonds is 2. The van der Waals surface area contributed by atoms with E-state index >= 15 is 0 Å². The number of benzene rings is 1. The van der Waals surface area contributed by atoms with Gasteiger partial charge in [-0.2, -0.15) is 0 Å². The van der Waals surface area contributed by atoms with Crippen LogP contribution in [0.15, 0.2) is 23.6 Å². The van der Waals surface area contributed by atoms with E-state index in [0.717, 1.165) is 27.6 Å². The van der Waals surface area contributed by atoms with Gasteiger partial charge in [-0.1, -0.05) is 0 Å². The maximum atomic E-state index is 13.3. The summed E-state index contributed by atoms with van der Waals surface area (Å²) < 4.78 is 15.1. The molecule has 1 unspecified atom stereocenters. The average Bonchev–Trinajstić information content (AvgIpc) is 2.95. The summed E-state index contributed by atoms with van der Waals surface area (Å²) in [4.78, 5) is 8.97. The molecule has 1 atom stereocenters. The Morgan fingerprint density at radius 2 is 2.16 bits per heavy atom. The summed E-state index contributed by atoms with van der Waals surface area (Å²) in [6.07, 6.45) is 0. The Morgan fingerprint density at radius 3 is 2.84 bits per heavy atom. The van der Waals surface area contributed by atoms with Crippen molar-refractivity contribution in [3.05, 3.63) is 34.4 Å². The van der Waals surface area contributed by atoms with Crippen molar-refractivity contribution >= 4 is 22.4 Å². The third kappa shape index (κ3) is 2.02. The molecule has 0 aliphatic rings. The van der Waals surface area contributed by atoms with Crippen LogP contribution in [0.1, 0.15) is 18.0 Å². The number of hydrogen-bond acceptors (Lipinski definition) is 4. The summed E-state index contributed by atoms with van der Waals surface area (Å²) in [7, 11) is 1.86. The number of nitrogens with two attached hydrogens (primary N) is 1. The van der Waals surface area contributed by atoms with Gasteiger partial charge in [0, 0.05) is 12.4 Å². The third-order valence-corrected chi connectivity index (χ3v) is 4.03. The summed E-state index contributed by atoms with van der Waals surface area (Å²) >= 11 is 1.51. The Morgan fingerprint density at radius 1 is 1.37 bits per heavy atom. The van der Waals surface area contributed by atoms with Gasteiger partial charge in [0.2, 0.25) is 0 Å². The number of hydrogen-bond donors (Lipinski definition) is 1. The number of nitrogens with zero attached hydrogens (tertiary/aromatic N) is 3. The SMILES string of the molecule is CC(N)c1nc(-c2nc3ccc(F)cc3n2C)cs1. The first kappa shape index (κ1) is 12.3. The monoisotopic (exact) mass is 276 g/mol. The van der Waals surface area contributed by atoms with Crippen molar-refractivity contribution in [1.82, 2.24) is 14.5 Å². The second-order valence-electron chi connectivity index (χ2n) is 4.49. The van der Waals surface area contributed by atoms with Crippen molar-refractivity contribution in [2.75, 3.05) is 0 Å². The van der Waals surface area contributed by atoms with E-state index in [-0.39, 0.29) is 11.9 Å². The minimum atomic E-state index is -0.267. The first-order valence-electron chi connectivity index (χ1n) is 5.89. The van der Waals surface area contributed by atoms with E-state index < -0.39 is 0 Å². The van der Waals surface area contributed by atoms with Crippen molar-refractivity contribution < 1.29 is 4.39 Å². The van der Waals surface area contributed by atoms with Gasteiger partial charge >= 0.3 is 0 Å². The molecule has 19 heavy (non-hydrogen) atoms. The summed E-state index contributed by atoms with van der Waals surface area (Å²) in [6.45, 7) is 1.90. The first-order chi connectivity index (χ1) is 9.06. The fourth-order valence-electron chi connectivity index (χ4n) is 1.99. The van der Waals surface area contributed by atoms with Crippen LogP contribution in [0.3, 0.4) is 0 Å². The molecule has 0 aliphatic heterocycles. The summed E-state index contributed by atoms with van der Waals surface area (Å²) in [5, 5.41) is 2.80. The molecule has 0 saturated heterocycles. The summed E-state index contributed by atoms with van der Waals surface area (Å²) in [5.41, 5.74) is 8.10. The number of halogens is 1. The molecule has 0 aliphatic carbocycles. The molecule has 1 aromatic carbocycles. The van der Waals surface area contributed by atoms with Crippen molar-refractivity contribution in [2.24, 2.45) is 12.8 Å². The van der Waals surface area contributed by atoms with Gasteiger partial charge in [-0.15, -0.1) is 11.3 Å². The maximum Gasteiger partial charge on any atom is 0.160 e. The van der Waals surface area contributed by atoms with Crippen LogP contribution >= 0.6 is 11.3 Å². The Balaban J connectivity index is 2.16. The van der Waals surface area contributed by atoms with Gasteiger partial charge in [-0.05, 0) is 25.1 Å². The molecule has 0 fully saturated rings. The first-order valence-corrected chi connectivity index (χ1v) is 6.77. The van der Waals surface area contributed by atoms with Gasteiger partial charge in [-0.3, -0.25) is 0 Å². The molecule has 0 bridgehead atoms. The van der Waals surface area contributed by atoms with E-state index in [1.165, 1.54) is 23.5 Å². The Kier molecular flexibility index (Phi) is 2.83. The van der Waals surface area contributed by atoms with Crippen molar-refractivity contribution in [3.8, 4) is 11.5 Å². The van der Waals surface area contributed by atoms with Crippen LogP contribution in [-0.4, -0.2) is 14.5 Å². The molecule has 2 aromatic heterocycles. The van der Waals surface area contributed by atoms with Crippen LogP contribution in [-0.2, 0) is 7.05 Å². The fraction of sp³-hybridized carbons (Fsp3) is 0.231. The summed E-state index contributed by atoms with van der Waals surface area (Å²) in [6, 6.07) is 4.47. The Hall–Kier alpha value is -1.79. The van der Waals surface area contributed by atoms with Crippen LogP contribution in [0.4, 0.5) is 4.39 Å². The van der Waals surface area contributed by atoms with Gasteiger partial charge in [0.05, 0.1) is 17.1 Å². The molecule has 2 N–H and O–H groups in total. The highest BCUT2D eigenvalue weighted by molar-refractivity contribution is 7.10. The van der Waals surface area contributed by atoms with E-state index in [1.807, 2.05) is 23.9 Å². The van der Waals surface area contributed by atoms with Crippen LogP contribution < -0.4 is 5.73 Å². The molecular weight excluding hydrogens is 263 g/mol. The zero-order chi connectivity index (χ0) is 13.6. The van der Waals surface area contributed by atoms with Crippen molar-refractivity contribution in [3.63, 3.8) is 0 Å². The van der Waals surface area contributed by atoms with E-state index in [4.69, 9.17) is 5.73 Å². The number of thiazole rings is 1. The van der Waals surface area contributed by atoms with Gasteiger partial charge in [0.15, 0.2) is 5.82 Å². The molecule has 3 aromatic rings. The zero-order valence-electron chi connectivity index (χ0n) is 10.6. The molecule has 98 valence electrons. The predicted molar refractivity (Wildman–Crippen MR) is 74.4 cm³/mol. The highest BCUT2D eigenvalue weighted by atomic mass is 32.1. The van der Waals surface area contributed by atoms with Crippen molar-refractivity contribution in [1.29, 1.82) is 0 Å². The molecule has 4 nitrogen and oxygen atoms in total.